The maximum atomic E-state index is 13.1. The van der Waals surface area contributed by atoms with Crippen LogP contribution in [0.25, 0.3) is 0 Å². The Kier molecular flexibility index (Phi) is 6.68. The van der Waals surface area contributed by atoms with E-state index in [1.165, 1.54) is 5.56 Å². The molecule has 1 saturated heterocycles. The second kappa shape index (κ2) is 10.0. The third-order valence-corrected chi connectivity index (χ3v) is 7.23. The minimum Gasteiger partial charge on any atom is -0.493 e. The molecule has 0 spiro atoms. The number of nitrogens with one attached hydrogen (secondary N) is 1. The number of rotatable bonds is 6. The molecule has 0 saturated carbocycles. The maximum Gasteiger partial charge on any atom is 0.226 e. The first kappa shape index (κ1) is 23.3. The summed E-state index contributed by atoms with van der Waals surface area (Å²) in [5.41, 5.74) is 4.80. The van der Waals surface area contributed by atoms with Gasteiger partial charge in [0.15, 0.2) is 17.3 Å². The highest BCUT2D eigenvalue weighted by molar-refractivity contribution is 5.99. The Labute approximate surface area is 206 Å². The van der Waals surface area contributed by atoms with Gasteiger partial charge in [0.2, 0.25) is 5.95 Å². The molecule has 7 heteroatoms. The number of anilines is 1. The van der Waals surface area contributed by atoms with E-state index in [0.717, 1.165) is 55.6 Å². The average molecular weight is 474 g/mol. The highest BCUT2D eigenvalue weighted by atomic mass is 16.5. The number of Topliss-reactive ketones (excluding diaryl/α,β-unsaturated/α-hetero) is 1. The highest BCUT2D eigenvalue weighted by Crippen LogP contribution is 2.37. The van der Waals surface area contributed by atoms with Crippen molar-refractivity contribution >= 4 is 11.7 Å². The van der Waals surface area contributed by atoms with Gasteiger partial charge in [-0.05, 0) is 37.0 Å². The fourth-order valence-electron chi connectivity index (χ4n) is 5.33. The lowest BCUT2D eigenvalue weighted by Gasteiger charge is -2.33. The lowest BCUT2D eigenvalue weighted by Crippen LogP contribution is -3.13. The number of hydrogen-bond donors (Lipinski definition) is 1. The molecule has 1 atom stereocenters. The van der Waals surface area contributed by atoms with Crippen LogP contribution in [0.4, 0.5) is 5.95 Å². The molecule has 1 fully saturated rings. The Bertz CT molecular complexity index is 1210. The zero-order chi connectivity index (χ0) is 24.4. The summed E-state index contributed by atoms with van der Waals surface area (Å²) in [7, 11) is 3.26. The molecule has 5 rings (SSSR count). The standard InChI is InChI=1S/C28H32N4O3/c1-19-27-23(15-22(16-24(27)33)21-9-10-25(34-2)26(17-21)35-3)30-28(29-19)32-13-11-31(12-14-32)18-20-7-5-4-6-8-20/h4-10,17,22H,11-16,18H2,1-3H3/p+1/t22-/m0/s1. The zero-order valence-electron chi connectivity index (χ0n) is 20.7. The smallest absolute Gasteiger partial charge is 0.226 e. The van der Waals surface area contributed by atoms with Crippen LogP contribution >= 0.6 is 0 Å². The third kappa shape index (κ3) is 4.86. The summed E-state index contributed by atoms with van der Waals surface area (Å²) in [5.74, 6) is 2.29. The van der Waals surface area contributed by atoms with Crippen molar-refractivity contribution in [2.24, 2.45) is 0 Å². The summed E-state index contributed by atoms with van der Waals surface area (Å²) in [5, 5.41) is 0. The molecular weight excluding hydrogens is 440 g/mol. The van der Waals surface area contributed by atoms with Crippen LogP contribution in [0, 0.1) is 6.92 Å². The second-order valence-corrected chi connectivity index (χ2v) is 9.47. The first-order chi connectivity index (χ1) is 17.1. The summed E-state index contributed by atoms with van der Waals surface area (Å²) in [6.45, 7) is 6.89. The maximum absolute atomic E-state index is 13.1. The second-order valence-electron chi connectivity index (χ2n) is 9.47. The van der Waals surface area contributed by atoms with Crippen molar-refractivity contribution in [3.63, 3.8) is 0 Å². The zero-order valence-corrected chi connectivity index (χ0v) is 20.7. The Morgan fingerprint density at radius 1 is 0.971 bits per heavy atom. The van der Waals surface area contributed by atoms with Crippen LogP contribution in [0.3, 0.4) is 0 Å². The molecule has 0 unspecified atom stereocenters. The number of hydrogen-bond acceptors (Lipinski definition) is 6. The number of carbonyl (C=O) groups is 1. The summed E-state index contributed by atoms with van der Waals surface area (Å²) in [6.07, 6.45) is 1.17. The lowest BCUT2D eigenvalue weighted by atomic mass is 9.81. The number of ether oxygens (including phenoxy) is 2. The Hall–Kier alpha value is -3.45. The number of carbonyl (C=O) groups excluding carboxylic acids is 1. The minimum atomic E-state index is 0.0594. The number of fused-ring (bicyclic) bond motifs is 1. The average Bonchev–Trinajstić information content (AvgIpc) is 2.88. The quantitative estimate of drug-likeness (QED) is 0.594. The summed E-state index contributed by atoms with van der Waals surface area (Å²) in [4.78, 5) is 26.7. The van der Waals surface area contributed by atoms with Gasteiger partial charge in [-0.1, -0.05) is 36.4 Å². The molecule has 2 aliphatic rings. The SMILES string of the molecule is COc1ccc([C@@H]2CC(=O)c3c(C)nc(N4CC[NH+](Cc5ccccc5)CC4)nc3C2)cc1OC. The van der Waals surface area contributed by atoms with Crippen molar-refractivity contribution in [3.8, 4) is 11.5 Å². The molecule has 2 heterocycles. The molecular formula is C28H33N4O3+. The number of nitrogens with zero attached hydrogens (tertiary/aromatic N) is 3. The Morgan fingerprint density at radius 2 is 1.71 bits per heavy atom. The number of piperazine rings is 1. The first-order valence-corrected chi connectivity index (χ1v) is 12.3. The fraction of sp³-hybridized carbons (Fsp3) is 0.393. The van der Waals surface area contributed by atoms with E-state index in [2.05, 4.69) is 35.2 Å². The molecule has 7 nitrogen and oxygen atoms in total. The van der Waals surface area contributed by atoms with Gasteiger partial charge in [-0.25, -0.2) is 9.97 Å². The molecule has 2 aromatic carbocycles. The lowest BCUT2D eigenvalue weighted by molar-refractivity contribution is -0.914. The minimum absolute atomic E-state index is 0.0594. The number of ketones is 1. The van der Waals surface area contributed by atoms with Crippen LogP contribution in [0.15, 0.2) is 48.5 Å². The molecule has 1 aliphatic carbocycles. The molecule has 3 aromatic rings. The van der Waals surface area contributed by atoms with E-state index in [4.69, 9.17) is 19.4 Å². The van der Waals surface area contributed by atoms with Crippen LogP contribution in [0.5, 0.6) is 11.5 Å². The molecule has 1 aliphatic heterocycles. The van der Waals surface area contributed by atoms with Gasteiger partial charge >= 0.3 is 0 Å². The first-order valence-electron chi connectivity index (χ1n) is 12.3. The molecule has 0 bridgehead atoms. The fourth-order valence-corrected chi connectivity index (χ4v) is 5.33. The predicted octanol–water partition coefficient (Wildman–Crippen LogP) is 2.62. The normalized spacial score (nSPS) is 18.3. The van der Waals surface area contributed by atoms with Crippen LogP contribution in [0.1, 0.15) is 45.2 Å². The van der Waals surface area contributed by atoms with E-state index < -0.39 is 0 Å². The van der Waals surface area contributed by atoms with E-state index in [1.807, 2.05) is 25.1 Å². The topological polar surface area (TPSA) is 69.0 Å². The van der Waals surface area contributed by atoms with Crippen molar-refractivity contribution in [2.75, 3.05) is 45.3 Å². The van der Waals surface area contributed by atoms with Gasteiger partial charge in [0, 0.05) is 12.0 Å². The monoisotopic (exact) mass is 473 g/mol. The van der Waals surface area contributed by atoms with E-state index in [-0.39, 0.29) is 11.7 Å². The summed E-state index contributed by atoms with van der Waals surface area (Å²) in [6, 6.07) is 16.6. The Morgan fingerprint density at radius 3 is 2.43 bits per heavy atom. The van der Waals surface area contributed by atoms with Gasteiger partial charge in [-0.3, -0.25) is 4.79 Å². The molecule has 182 valence electrons. The number of methoxy groups -OCH3 is 2. The van der Waals surface area contributed by atoms with Crippen molar-refractivity contribution in [2.45, 2.75) is 32.2 Å². The van der Waals surface area contributed by atoms with Gasteiger partial charge in [0.05, 0.1) is 57.3 Å². The molecule has 0 radical (unpaired) electrons. The number of aromatic nitrogens is 2. The van der Waals surface area contributed by atoms with Gasteiger partial charge in [0.25, 0.3) is 0 Å². The van der Waals surface area contributed by atoms with Crippen molar-refractivity contribution in [1.29, 1.82) is 0 Å². The predicted molar refractivity (Wildman–Crippen MR) is 135 cm³/mol. The largest absolute Gasteiger partial charge is 0.493 e. The van der Waals surface area contributed by atoms with Crippen LogP contribution < -0.4 is 19.3 Å². The van der Waals surface area contributed by atoms with Crippen molar-refractivity contribution in [3.05, 3.63) is 76.6 Å². The molecule has 1 aromatic heterocycles. The number of benzene rings is 2. The molecule has 35 heavy (non-hydrogen) atoms. The summed E-state index contributed by atoms with van der Waals surface area (Å²) >= 11 is 0. The third-order valence-electron chi connectivity index (χ3n) is 7.23. The van der Waals surface area contributed by atoms with Gasteiger partial charge in [-0.2, -0.15) is 0 Å². The van der Waals surface area contributed by atoms with E-state index in [1.54, 1.807) is 19.1 Å². The van der Waals surface area contributed by atoms with E-state index >= 15 is 0 Å². The molecule has 0 amide bonds. The Balaban J connectivity index is 1.33. The van der Waals surface area contributed by atoms with Gasteiger partial charge in [0.1, 0.15) is 6.54 Å². The molecule has 1 N–H and O–H groups in total. The summed E-state index contributed by atoms with van der Waals surface area (Å²) < 4.78 is 10.9. The number of quaternary nitrogens is 1. The van der Waals surface area contributed by atoms with Crippen LogP contribution in [-0.4, -0.2) is 56.1 Å². The van der Waals surface area contributed by atoms with Crippen LogP contribution in [-0.2, 0) is 13.0 Å². The van der Waals surface area contributed by atoms with Gasteiger partial charge < -0.3 is 19.3 Å². The number of aryl methyl sites for hydroxylation is 1. The van der Waals surface area contributed by atoms with Crippen molar-refractivity contribution in [1.82, 2.24) is 9.97 Å². The van der Waals surface area contributed by atoms with Gasteiger partial charge in [-0.15, -0.1) is 0 Å². The van der Waals surface area contributed by atoms with E-state index in [9.17, 15) is 4.79 Å². The van der Waals surface area contributed by atoms with E-state index in [0.29, 0.717) is 29.9 Å². The highest BCUT2D eigenvalue weighted by Gasteiger charge is 2.32. The van der Waals surface area contributed by atoms with Crippen LogP contribution in [0.2, 0.25) is 0 Å². The van der Waals surface area contributed by atoms with Crippen molar-refractivity contribution < 1.29 is 19.2 Å².